The molecule has 2 aromatic rings. The summed E-state index contributed by atoms with van der Waals surface area (Å²) in [7, 11) is 1.51. The molecule has 2 N–H and O–H groups in total. The molecule has 0 aliphatic rings. The summed E-state index contributed by atoms with van der Waals surface area (Å²) in [5.41, 5.74) is 7.88. The smallest absolute Gasteiger partial charge is 0.259 e. The van der Waals surface area contributed by atoms with Crippen LogP contribution in [0.3, 0.4) is 0 Å². The maximum atomic E-state index is 12.6. The van der Waals surface area contributed by atoms with Crippen molar-refractivity contribution in [1.82, 2.24) is 9.88 Å². The summed E-state index contributed by atoms with van der Waals surface area (Å²) in [6, 6.07) is 11.0. The van der Waals surface area contributed by atoms with Gasteiger partial charge in [-0.15, -0.1) is 0 Å². The Morgan fingerprint density at radius 1 is 1.29 bits per heavy atom. The fourth-order valence-electron chi connectivity index (χ4n) is 2.06. The van der Waals surface area contributed by atoms with Crippen molar-refractivity contribution >= 4 is 11.6 Å². The molecule has 0 unspecified atom stereocenters. The highest BCUT2D eigenvalue weighted by Gasteiger charge is 2.19. The summed E-state index contributed by atoms with van der Waals surface area (Å²) >= 11 is 0. The summed E-state index contributed by atoms with van der Waals surface area (Å²) in [5.74, 6) is 0.248. The number of nitrogens with two attached hydrogens (primary N) is 1. The highest BCUT2D eigenvalue weighted by Crippen LogP contribution is 2.18. The molecule has 0 bridgehead atoms. The summed E-state index contributed by atoms with van der Waals surface area (Å²) < 4.78 is 5.15. The number of carbonyl (C=O) groups excluding carboxylic acids is 1. The molecule has 5 heteroatoms. The molecule has 0 aliphatic heterocycles. The van der Waals surface area contributed by atoms with E-state index in [0.717, 1.165) is 5.56 Å². The first-order chi connectivity index (χ1) is 10.2. The second-order valence-electron chi connectivity index (χ2n) is 4.62. The van der Waals surface area contributed by atoms with Crippen LogP contribution in [0.1, 0.15) is 22.8 Å². The highest BCUT2D eigenvalue weighted by atomic mass is 16.5. The van der Waals surface area contributed by atoms with Crippen LogP contribution in [0.4, 0.5) is 5.69 Å². The molecule has 1 aromatic heterocycles. The minimum Gasteiger partial charge on any atom is -0.480 e. The maximum Gasteiger partial charge on any atom is 0.259 e. The van der Waals surface area contributed by atoms with E-state index in [2.05, 4.69) is 4.98 Å². The lowest BCUT2D eigenvalue weighted by atomic mass is 10.1. The van der Waals surface area contributed by atoms with Gasteiger partial charge in [-0.25, -0.2) is 4.98 Å². The van der Waals surface area contributed by atoms with Crippen molar-refractivity contribution in [3.8, 4) is 5.88 Å². The minimum atomic E-state index is -0.0979. The number of anilines is 1. The number of hydrogen-bond acceptors (Lipinski definition) is 4. The van der Waals surface area contributed by atoms with Crippen LogP contribution >= 0.6 is 0 Å². The largest absolute Gasteiger partial charge is 0.480 e. The third kappa shape index (κ3) is 3.51. The van der Waals surface area contributed by atoms with Crippen molar-refractivity contribution in [3.63, 3.8) is 0 Å². The van der Waals surface area contributed by atoms with Gasteiger partial charge in [-0.05, 0) is 36.8 Å². The Labute approximate surface area is 124 Å². The molecule has 110 valence electrons. The number of benzene rings is 1. The van der Waals surface area contributed by atoms with E-state index >= 15 is 0 Å². The van der Waals surface area contributed by atoms with Gasteiger partial charge in [0, 0.05) is 25.0 Å². The standard InChI is InChI=1S/C16H19N3O2/c1-3-19(11-12-6-8-13(17)9-7-12)16(20)14-5-4-10-18-15(14)21-2/h4-10H,3,11,17H2,1-2H3. The number of nitrogen functional groups attached to an aromatic ring is 1. The van der Waals surface area contributed by atoms with Crippen molar-refractivity contribution < 1.29 is 9.53 Å². The van der Waals surface area contributed by atoms with Crippen LogP contribution < -0.4 is 10.5 Å². The Balaban J connectivity index is 2.20. The second kappa shape index (κ2) is 6.74. The molecule has 0 spiro atoms. The summed E-state index contributed by atoms with van der Waals surface area (Å²) in [4.78, 5) is 18.4. The lowest BCUT2D eigenvalue weighted by molar-refractivity contribution is 0.0748. The average Bonchev–Trinajstić information content (AvgIpc) is 2.53. The quantitative estimate of drug-likeness (QED) is 0.856. The molecular weight excluding hydrogens is 266 g/mol. The average molecular weight is 285 g/mol. The number of rotatable bonds is 5. The van der Waals surface area contributed by atoms with Gasteiger partial charge in [0.05, 0.1) is 7.11 Å². The molecule has 1 aromatic carbocycles. The van der Waals surface area contributed by atoms with Crippen molar-refractivity contribution in [2.75, 3.05) is 19.4 Å². The SMILES string of the molecule is CCN(Cc1ccc(N)cc1)C(=O)c1cccnc1OC. The van der Waals surface area contributed by atoms with Gasteiger partial charge in [-0.2, -0.15) is 0 Å². The zero-order valence-corrected chi connectivity index (χ0v) is 12.2. The topological polar surface area (TPSA) is 68.5 Å². The van der Waals surface area contributed by atoms with E-state index in [4.69, 9.17) is 10.5 Å². The Morgan fingerprint density at radius 2 is 2.00 bits per heavy atom. The summed E-state index contributed by atoms with van der Waals surface area (Å²) in [6.07, 6.45) is 1.60. The minimum absolute atomic E-state index is 0.0979. The number of carbonyl (C=O) groups is 1. The maximum absolute atomic E-state index is 12.6. The first-order valence-electron chi connectivity index (χ1n) is 6.78. The van der Waals surface area contributed by atoms with Crippen LogP contribution in [0.5, 0.6) is 5.88 Å². The third-order valence-electron chi connectivity index (χ3n) is 3.22. The predicted octanol–water partition coefficient (Wildman–Crippen LogP) is 2.33. The van der Waals surface area contributed by atoms with E-state index in [1.54, 1.807) is 23.2 Å². The van der Waals surface area contributed by atoms with E-state index in [0.29, 0.717) is 30.2 Å². The van der Waals surface area contributed by atoms with Crippen LogP contribution in [-0.2, 0) is 6.54 Å². The molecule has 0 radical (unpaired) electrons. The zero-order chi connectivity index (χ0) is 15.2. The van der Waals surface area contributed by atoms with Crippen LogP contribution in [0.25, 0.3) is 0 Å². The van der Waals surface area contributed by atoms with Crippen LogP contribution in [0.2, 0.25) is 0 Å². The van der Waals surface area contributed by atoms with Gasteiger partial charge in [-0.1, -0.05) is 12.1 Å². The number of ether oxygens (including phenoxy) is 1. The highest BCUT2D eigenvalue weighted by molar-refractivity contribution is 5.96. The molecule has 0 aliphatic carbocycles. The Hall–Kier alpha value is -2.56. The van der Waals surface area contributed by atoms with Gasteiger partial charge in [0.15, 0.2) is 0 Å². The Kier molecular flexibility index (Phi) is 4.77. The predicted molar refractivity (Wildman–Crippen MR) is 82.1 cm³/mol. The fraction of sp³-hybridized carbons (Fsp3) is 0.250. The first kappa shape index (κ1) is 14.8. The molecule has 0 saturated heterocycles. The van der Waals surface area contributed by atoms with Gasteiger partial charge in [-0.3, -0.25) is 4.79 Å². The number of methoxy groups -OCH3 is 1. The monoisotopic (exact) mass is 285 g/mol. The number of pyridine rings is 1. The zero-order valence-electron chi connectivity index (χ0n) is 12.2. The van der Waals surface area contributed by atoms with E-state index in [1.807, 2.05) is 31.2 Å². The second-order valence-corrected chi connectivity index (χ2v) is 4.62. The number of amides is 1. The van der Waals surface area contributed by atoms with Crippen LogP contribution in [0, 0.1) is 0 Å². The molecule has 1 heterocycles. The molecule has 0 fully saturated rings. The summed E-state index contributed by atoms with van der Waals surface area (Å²) in [5, 5.41) is 0. The molecule has 2 rings (SSSR count). The van der Waals surface area contributed by atoms with Gasteiger partial charge in [0.25, 0.3) is 5.91 Å². The lowest BCUT2D eigenvalue weighted by Crippen LogP contribution is -2.30. The van der Waals surface area contributed by atoms with Crippen molar-refractivity contribution in [1.29, 1.82) is 0 Å². The van der Waals surface area contributed by atoms with Gasteiger partial charge >= 0.3 is 0 Å². The lowest BCUT2D eigenvalue weighted by Gasteiger charge is -2.21. The molecule has 0 atom stereocenters. The Bertz CT molecular complexity index is 611. The first-order valence-corrected chi connectivity index (χ1v) is 6.78. The molecular formula is C16H19N3O2. The van der Waals surface area contributed by atoms with Crippen molar-refractivity contribution in [2.45, 2.75) is 13.5 Å². The molecule has 0 saturated carbocycles. The van der Waals surface area contributed by atoms with Crippen LogP contribution in [-0.4, -0.2) is 29.4 Å². The fourth-order valence-corrected chi connectivity index (χ4v) is 2.06. The normalized spacial score (nSPS) is 10.2. The number of aromatic nitrogens is 1. The van der Waals surface area contributed by atoms with Crippen molar-refractivity contribution in [2.24, 2.45) is 0 Å². The van der Waals surface area contributed by atoms with Gasteiger partial charge < -0.3 is 15.4 Å². The van der Waals surface area contributed by atoms with Crippen molar-refractivity contribution in [3.05, 3.63) is 53.7 Å². The molecule has 5 nitrogen and oxygen atoms in total. The molecule has 21 heavy (non-hydrogen) atoms. The van der Waals surface area contributed by atoms with E-state index in [-0.39, 0.29) is 5.91 Å². The summed E-state index contributed by atoms with van der Waals surface area (Å²) in [6.45, 7) is 3.06. The van der Waals surface area contributed by atoms with E-state index < -0.39 is 0 Å². The van der Waals surface area contributed by atoms with Gasteiger partial charge in [0.2, 0.25) is 5.88 Å². The third-order valence-corrected chi connectivity index (χ3v) is 3.22. The Morgan fingerprint density at radius 3 is 2.62 bits per heavy atom. The number of nitrogens with zero attached hydrogens (tertiary/aromatic N) is 2. The van der Waals surface area contributed by atoms with E-state index in [9.17, 15) is 4.79 Å². The molecule has 1 amide bonds. The number of hydrogen-bond donors (Lipinski definition) is 1. The van der Waals surface area contributed by atoms with E-state index in [1.165, 1.54) is 7.11 Å². The van der Waals surface area contributed by atoms with Crippen LogP contribution in [0.15, 0.2) is 42.6 Å². The van der Waals surface area contributed by atoms with Gasteiger partial charge in [0.1, 0.15) is 5.56 Å².